The molecule has 20 heavy (non-hydrogen) atoms. The van der Waals surface area contributed by atoms with Gasteiger partial charge in [-0.3, -0.25) is 4.90 Å². The van der Waals surface area contributed by atoms with Crippen LogP contribution in [0.4, 0.5) is 0 Å². The van der Waals surface area contributed by atoms with Crippen molar-refractivity contribution >= 4 is 22.6 Å². The van der Waals surface area contributed by atoms with Gasteiger partial charge < -0.3 is 10.0 Å². The Balaban J connectivity index is 2.13. The Morgan fingerprint density at radius 3 is 2.55 bits per heavy atom. The molecule has 0 saturated carbocycles. The van der Waals surface area contributed by atoms with E-state index in [1.807, 2.05) is 6.92 Å². The number of nitrogens with zero attached hydrogens (tertiary/aromatic N) is 1. The molecule has 2 rings (SSSR count). The highest BCUT2D eigenvalue weighted by atomic mass is 32.2. The molecular weight excluding hydrogens is 279 g/mol. The number of hydrogen-bond donors (Lipinski definition) is 3. The summed E-state index contributed by atoms with van der Waals surface area (Å²) in [7, 11) is -5.18. The summed E-state index contributed by atoms with van der Waals surface area (Å²) in [5.41, 5.74) is 0.264. The van der Waals surface area contributed by atoms with E-state index in [2.05, 4.69) is 9.62 Å². The van der Waals surface area contributed by atoms with Crippen LogP contribution in [0, 0.1) is 0 Å². The molecule has 0 bridgehead atoms. The highest BCUT2D eigenvalue weighted by molar-refractivity contribution is 7.89. The third-order valence-corrected chi connectivity index (χ3v) is 5.02. The molecule has 110 valence electrons. The molecule has 1 heterocycles. The number of nitrogens with one attached hydrogen (secondary N) is 1. The summed E-state index contributed by atoms with van der Waals surface area (Å²) in [6.45, 7) is 3.71. The molecule has 3 N–H and O–H groups in total. The van der Waals surface area contributed by atoms with Gasteiger partial charge in [0.25, 0.3) is 0 Å². The molecular formula is C12H19BN2O4S. The molecule has 0 spiro atoms. The Kier molecular flexibility index (Phi) is 4.82. The van der Waals surface area contributed by atoms with Gasteiger partial charge in [0.05, 0.1) is 11.1 Å². The summed E-state index contributed by atoms with van der Waals surface area (Å²) in [6.07, 6.45) is 1.63. The molecule has 0 amide bonds. The lowest BCUT2D eigenvalue weighted by Gasteiger charge is -2.23. The fourth-order valence-electron chi connectivity index (χ4n) is 2.40. The Morgan fingerprint density at radius 1 is 1.35 bits per heavy atom. The molecule has 1 unspecified atom stereocenters. The van der Waals surface area contributed by atoms with E-state index in [0.717, 1.165) is 25.9 Å². The SMILES string of the molecule is CCN1CCCC1NS(=O)(=O)c1ccc(B(O)O)cc1. The predicted molar refractivity (Wildman–Crippen MR) is 76.9 cm³/mol. The van der Waals surface area contributed by atoms with Crippen LogP contribution < -0.4 is 10.2 Å². The van der Waals surface area contributed by atoms with Crippen LogP contribution in [-0.2, 0) is 10.0 Å². The van der Waals surface area contributed by atoms with E-state index in [0.29, 0.717) is 0 Å². The molecule has 6 nitrogen and oxygen atoms in total. The minimum Gasteiger partial charge on any atom is -0.423 e. The molecule has 0 radical (unpaired) electrons. The van der Waals surface area contributed by atoms with Crippen molar-refractivity contribution in [1.82, 2.24) is 9.62 Å². The summed E-state index contributed by atoms with van der Waals surface area (Å²) in [5, 5.41) is 18.0. The van der Waals surface area contributed by atoms with Crippen LogP contribution in [0.25, 0.3) is 0 Å². The average molecular weight is 298 g/mol. The molecule has 8 heteroatoms. The lowest BCUT2D eigenvalue weighted by atomic mass is 9.81. The first-order valence-corrected chi connectivity index (χ1v) is 8.15. The summed E-state index contributed by atoms with van der Waals surface area (Å²) in [5.74, 6) is 0. The maximum absolute atomic E-state index is 12.3. The van der Waals surface area contributed by atoms with E-state index in [9.17, 15) is 8.42 Å². The number of rotatable bonds is 5. The first-order chi connectivity index (χ1) is 9.44. The third-order valence-electron chi connectivity index (χ3n) is 3.55. The Morgan fingerprint density at radius 2 is 2.00 bits per heavy atom. The second-order valence-electron chi connectivity index (χ2n) is 4.85. The minimum absolute atomic E-state index is 0.129. The van der Waals surface area contributed by atoms with Gasteiger partial charge >= 0.3 is 7.12 Å². The molecule has 1 saturated heterocycles. The van der Waals surface area contributed by atoms with E-state index in [-0.39, 0.29) is 16.5 Å². The summed E-state index contributed by atoms with van der Waals surface area (Å²) in [6, 6.07) is 5.54. The molecule has 1 aliphatic heterocycles. The largest absolute Gasteiger partial charge is 0.488 e. The molecule has 1 aromatic rings. The Bertz CT molecular complexity index is 547. The molecule has 1 fully saturated rings. The lowest BCUT2D eigenvalue weighted by Crippen LogP contribution is -2.44. The highest BCUT2D eigenvalue weighted by Crippen LogP contribution is 2.17. The topological polar surface area (TPSA) is 89.9 Å². The van der Waals surface area contributed by atoms with Crippen molar-refractivity contribution < 1.29 is 18.5 Å². The van der Waals surface area contributed by atoms with Crippen LogP contribution in [0.2, 0.25) is 0 Å². The molecule has 0 aromatic heterocycles. The number of hydrogen-bond acceptors (Lipinski definition) is 5. The number of sulfonamides is 1. The van der Waals surface area contributed by atoms with Crippen molar-refractivity contribution in [2.45, 2.75) is 30.8 Å². The monoisotopic (exact) mass is 298 g/mol. The quantitative estimate of drug-likeness (QED) is 0.612. The normalized spacial score (nSPS) is 20.2. The van der Waals surface area contributed by atoms with Gasteiger partial charge in [-0.05, 0) is 43.5 Å². The van der Waals surface area contributed by atoms with Crippen LogP contribution in [0.1, 0.15) is 19.8 Å². The van der Waals surface area contributed by atoms with Gasteiger partial charge in [-0.2, -0.15) is 4.72 Å². The zero-order chi connectivity index (χ0) is 14.8. The van der Waals surface area contributed by atoms with Gasteiger partial charge in [-0.25, -0.2) is 8.42 Å². The van der Waals surface area contributed by atoms with E-state index in [4.69, 9.17) is 10.0 Å². The Labute approximate surface area is 119 Å². The zero-order valence-corrected chi connectivity index (χ0v) is 12.2. The highest BCUT2D eigenvalue weighted by Gasteiger charge is 2.28. The fourth-order valence-corrected chi connectivity index (χ4v) is 3.66. The second kappa shape index (κ2) is 6.23. The molecule has 1 atom stereocenters. The minimum atomic E-state index is -3.58. The first kappa shape index (κ1) is 15.5. The van der Waals surface area contributed by atoms with Crippen molar-refractivity contribution in [3.63, 3.8) is 0 Å². The number of benzene rings is 1. The van der Waals surface area contributed by atoms with Gasteiger partial charge in [0.2, 0.25) is 10.0 Å². The van der Waals surface area contributed by atoms with Crippen LogP contribution in [0.3, 0.4) is 0 Å². The van der Waals surface area contributed by atoms with Gasteiger partial charge in [-0.1, -0.05) is 19.1 Å². The van der Waals surface area contributed by atoms with Crippen molar-refractivity contribution in [3.8, 4) is 0 Å². The fraction of sp³-hybridized carbons (Fsp3) is 0.500. The van der Waals surface area contributed by atoms with Crippen molar-refractivity contribution in [2.24, 2.45) is 0 Å². The van der Waals surface area contributed by atoms with Gasteiger partial charge in [0.15, 0.2) is 0 Å². The van der Waals surface area contributed by atoms with Gasteiger partial charge in [0, 0.05) is 0 Å². The maximum Gasteiger partial charge on any atom is 0.488 e. The van der Waals surface area contributed by atoms with Crippen molar-refractivity contribution in [2.75, 3.05) is 13.1 Å². The molecule has 0 aliphatic carbocycles. The van der Waals surface area contributed by atoms with Crippen LogP contribution in [0.5, 0.6) is 0 Å². The zero-order valence-electron chi connectivity index (χ0n) is 11.4. The Hall–Kier alpha value is -0.925. The van der Waals surface area contributed by atoms with Crippen LogP contribution in [-0.4, -0.2) is 49.7 Å². The first-order valence-electron chi connectivity index (χ1n) is 6.66. The smallest absolute Gasteiger partial charge is 0.423 e. The lowest BCUT2D eigenvalue weighted by molar-refractivity contribution is 0.255. The predicted octanol–water partition coefficient (Wildman–Crippen LogP) is -0.913. The molecule has 1 aliphatic rings. The van der Waals surface area contributed by atoms with E-state index in [1.165, 1.54) is 24.3 Å². The summed E-state index contributed by atoms with van der Waals surface area (Å²) in [4.78, 5) is 2.22. The van der Waals surface area contributed by atoms with E-state index >= 15 is 0 Å². The van der Waals surface area contributed by atoms with Gasteiger partial charge in [-0.15, -0.1) is 0 Å². The summed E-state index contributed by atoms with van der Waals surface area (Å²) < 4.78 is 27.2. The van der Waals surface area contributed by atoms with Gasteiger partial charge in [0.1, 0.15) is 0 Å². The summed E-state index contributed by atoms with van der Waals surface area (Å²) >= 11 is 0. The second-order valence-corrected chi connectivity index (χ2v) is 6.56. The average Bonchev–Trinajstić information content (AvgIpc) is 2.85. The van der Waals surface area contributed by atoms with E-state index < -0.39 is 17.1 Å². The van der Waals surface area contributed by atoms with E-state index in [1.54, 1.807) is 0 Å². The van der Waals surface area contributed by atoms with Crippen molar-refractivity contribution in [1.29, 1.82) is 0 Å². The van der Waals surface area contributed by atoms with Crippen molar-refractivity contribution in [3.05, 3.63) is 24.3 Å². The maximum atomic E-state index is 12.3. The number of likely N-dealkylation sites (tertiary alicyclic amines) is 1. The standard InChI is InChI=1S/C12H19BN2O4S/c1-2-15-9-3-4-12(15)14-20(18,19)11-7-5-10(6-8-11)13(16)17/h5-8,12,14,16-17H,2-4,9H2,1H3. The van der Waals surface area contributed by atoms with Crippen LogP contribution >= 0.6 is 0 Å². The third kappa shape index (κ3) is 3.39. The van der Waals surface area contributed by atoms with Crippen LogP contribution in [0.15, 0.2) is 29.2 Å². The molecule has 1 aromatic carbocycles.